The normalized spacial score (nSPS) is 10.8. The fourth-order valence-electron chi connectivity index (χ4n) is 2.81. The molecule has 0 aliphatic rings. The molecule has 0 unspecified atom stereocenters. The molecule has 2 aromatic heterocycles. The first-order valence-electron chi connectivity index (χ1n) is 8.61. The lowest BCUT2D eigenvalue weighted by Gasteiger charge is -2.19. The van der Waals surface area contributed by atoms with Crippen LogP contribution in [0.1, 0.15) is 16.1 Å². The number of methoxy groups -OCH3 is 2. The van der Waals surface area contributed by atoms with E-state index in [4.69, 9.17) is 13.9 Å². The Morgan fingerprint density at radius 3 is 2.50 bits per heavy atom. The van der Waals surface area contributed by atoms with Crippen LogP contribution < -0.4 is 14.4 Å². The lowest BCUT2D eigenvalue weighted by Crippen LogP contribution is -2.30. The predicted molar refractivity (Wildman–Crippen MR) is 108 cm³/mol. The summed E-state index contributed by atoms with van der Waals surface area (Å²) in [5.41, 5.74) is 1.33. The van der Waals surface area contributed by atoms with Crippen molar-refractivity contribution in [1.29, 1.82) is 0 Å². The monoisotopic (exact) mass is 394 g/mol. The van der Waals surface area contributed by atoms with E-state index in [1.165, 1.54) is 11.3 Å². The molecule has 2 heterocycles. The van der Waals surface area contributed by atoms with E-state index in [9.17, 15) is 4.79 Å². The van der Waals surface area contributed by atoms with E-state index >= 15 is 0 Å². The smallest absolute Gasteiger partial charge is 0.260 e. The van der Waals surface area contributed by atoms with Crippen LogP contribution in [0, 0.1) is 0 Å². The number of carbonyl (C=O) groups excluding carboxylic acids is 1. The van der Waals surface area contributed by atoms with Gasteiger partial charge in [-0.05, 0) is 48.5 Å². The van der Waals surface area contributed by atoms with Gasteiger partial charge in [-0.1, -0.05) is 11.3 Å². The number of thiazole rings is 1. The lowest BCUT2D eigenvalue weighted by atomic mass is 10.2. The Hall–Kier alpha value is -3.32. The second-order valence-corrected chi connectivity index (χ2v) is 7.04. The van der Waals surface area contributed by atoms with Gasteiger partial charge in [-0.3, -0.25) is 9.69 Å². The van der Waals surface area contributed by atoms with E-state index < -0.39 is 0 Å². The molecule has 0 spiro atoms. The Balaban J connectivity index is 1.73. The molecule has 6 nitrogen and oxygen atoms in total. The highest BCUT2D eigenvalue weighted by atomic mass is 32.1. The number of hydrogen-bond donors (Lipinski definition) is 0. The Labute approximate surface area is 165 Å². The van der Waals surface area contributed by atoms with Gasteiger partial charge in [-0.25, -0.2) is 4.98 Å². The predicted octanol–water partition coefficient (Wildman–Crippen LogP) is 4.75. The van der Waals surface area contributed by atoms with Crippen LogP contribution >= 0.6 is 11.3 Å². The molecule has 0 saturated heterocycles. The van der Waals surface area contributed by atoms with Gasteiger partial charge in [0, 0.05) is 11.6 Å². The number of fused-ring (bicyclic) bond motifs is 1. The summed E-state index contributed by atoms with van der Waals surface area (Å²) in [6.07, 6.45) is 1.59. The molecule has 0 radical (unpaired) electrons. The third-order valence-electron chi connectivity index (χ3n) is 4.29. The van der Waals surface area contributed by atoms with Crippen molar-refractivity contribution in [1.82, 2.24) is 4.98 Å². The molecule has 142 valence electrons. The van der Waals surface area contributed by atoms with Gasteiger partial charge in [-0.15, -0.1) is 0 Å². The quantitative estimate of drug-likeness (QED) is 0.472. The maximum atomic E-state index is 13.3. The van der Waals surface area contributed by atoms with Gasteiger partial charge in [0.2, 0.25) is 0 Å². The topological polar surface area (TPSA) is 64.8 Å². The molecule has 1 amide bonds. The summed E-state index contributed by atoms with van der Waals surface area (Å²) >= 11 is 1.45. The summed E-state index contributed by atoms with van der Waals surface area (Å²) in [6.45, 7) is 0.287. The number of nitrogens with zero attached hydrogens (tertiary/aromatic N) is 2. The van der Waals surface area contributed by atoms with Gasteiger partial charge in [0.1, 0.15) is 17.3 Å². The number of hydrogen-bond acceptors (Lipinski definition) is 6. The molecule has 0 bridgehead atoms. The highest BCUT2D eigenvalue weighted by molar-refractivity contribution is 7.22. The highest BCUT2D eigenvalue weighted by Crippen LogP contribution is 2.33. The fraction of sp³-hybridized carbons (Fsp3) is 0.143. The first-order valence-corrected chi connectivity index (χ1v) is 9.42. The highest BCUT2D eigenvalue weighted by Gasteiger charge is 2.23. The SMILES string of the molecule is COc1ccc(C(=O)N(Cc2ccco2)c2nc3cc(OC)ccc3s2)cc1. The first kappa shape index (κ1) is 18.1. The van der Waals surface area contributed by atoms with Crippen molar-refractivity contribution < 1.29 is 18.7 Å². The number of carbonyl (C=O) groups is 1. The van der Waals surface area contributed by atoms with Gasteiger partial charge in [0.25, 0.3) is 5.91 Å². The van der Waals surface area contributed by atoms with Crippen molar-refractivity contribution in [2.75, 3.05) is 19.1 Å². The third kappa shape index (κ3) is 3.57. The summed E-state index contributed by atoms with van der Waals surface area (Å²) in [7, 11) is 3.21. The van der Waals surface area contributed by atoms with E-state index in [0.29, 0.717) is 22.2 Å². The zero-order chi connectivity index (χ0) is 19.5. The van der Waals surface area contributed by atoms with Crippen LogP contribution in [0.3, 0.4) is 0 Å². The molecule has 7 heteroatoms. The van der Waals surface area contributed by atoms with Crippen LogP contribution in [0.2, 0.25) is 0 Å². The second-order valence-electron chi connectivity index (χ2n) is 6.03. The molecule has 0 fully saturated rings. The van der Waals surface area contributed by atoms with Crippen LogP contribution in [0.5, 0.6) is 11.5 Å². The van der Waals surface area contributed by atoms with Crippen molar-refractivity contribution in [2.45, 2.75) is 6.54 Å². The minimum Gasteiger partial charge on any atom is -0.497 e. The Morgan fingerprint density at radius 1 is 1.07 bits per heavy atom. The van der Waals surface area contributed by atoms with Gasteiger partial charge in [0.15, 0.2) is 5.13 Å². The summed E-state index contributed by atoms with van der Waals surface area (Å²) in [5, 5.41) is 0.598. The van der Waals surface area contributed by atoms with Crippen molar-refractivity contribution in [3.8, 4) is 11.5 Å². The van der Waals surface area contributed by atoms with Crippen LogP contribution in [-0.4, -0.2) is 25.1 Å². The maximum absolute atomic E-state index is 13.3. The van der Waals surface area contributed by atoms with Gasteiger partial charge >= 0.3 is 0 Å². The summed E-state index contributed by atoms with van der Waals surface area (Å²) in [6, 6.07) is 16.3. The Morgan fingerprint density at radius 2 is 1.82 bits per heavy atom. The zero-order valence-corrected chi connectivity index (χ0v) is 16.2. The molecule has 0 saturated carbocycles. The summed E-state index contributed by atoms with van der Waals surface area (Å²) in [5.74, 6) is 1.94. The maximum Gasteiger partial charge on any atom is 0.260 e. The van der Waals surface area contributed by atoms with Crippen LogP contribution in [0.15, 0.2) is 65.3 Å². The van der Waals surface area contributed by atoms with Crippen molar-refractivity contribution in [2.24, 2.45) is 0 Å². The number of benzene rings is 2. The minimum absolute atomic E-state index is 0.162. The summed E-state index contributed by atoms with van der Waals surface area (Å²) in [4.78, 5) is 19.5. The van der Waals surface area contributed by atoms with E-state index in [-0.39, 0.29) is 12.5 Å². The zero-order valence-electron chi connectivity index (χ0n) is 15.4. The average molecular weight is 394 g/mol. The number of anilines is 1. The van der Waals surface area contributed by atoms with Crippen molar-refractivity contribution >= 4 is 32.6 Å². The molecule has 4 rings (SSSR count). The Kier molecular flexibility index (Phi) is 4.99. The molecule has 0 N–H and O–H groups in total. The van der Waals surface area contributed by atoms with Crippen LogP contribution in [0.4, 0.5) is 5.13 Å². The number of rotatable bonds is 6. The third-order valence-corrected chi connectivity index (χ3v) is 5.35. The molecule has 0 aliphatic heterocycles. The largest absolute Gasteiger partial charge is 0.497 e. The molecular formula is C21H18N2O4S. The standard InChI is InChI=1S/C21H18N2O4S/c1-25-15-7-5-14(6-8-15)20(24)23(13-17-4-3-11-27-17)21-22-18-12-16(26-2)9-10-19(18)28-21/h3-12H,13H2,1-2H3. The van der Waals surface area contributed by atoms with Gasteiger partial charge in [0.05, 0.1) is 37.2 Å². The number of amides is 1. The van der Waals surface area contributed by atoms with Crippen molar-refractivity contribution in [3.63, 3.8) is 0 Å². The number of aromatic nitrogens is 1. The molecule has 28 heavy (non-hydrogen) atoms. The second kappa shape index (κ2) is 7.74. The minimum atomic E-state index is -0.162. The van der Waals surface area contributed by atoms with E-state index in [2.05, 4.69) is 4.98 Å². The van der Waals surface area contributed by atoms with Crippen LogP contribution in [-0.2, 0) is 6.54 Å². The fourth-order valence-corrected chi connectivity index (χ4v) is 3.76. The average Bonchev–Trinajstić information content (AvgIpc) is 3.40. The Bertz CT molecular complexity index is 1090. The summed E-state index contributed by atoms with van der Waals surface area (Å²) < 4.78 is 16.9. The van der Waals surface area contributed by atoms with E-state index in [1.54, 1.807) is 55.7 Å². The van der Waals surface area contributed by atoms with E-state index in [0.717, 1.165) is 16.0 Å². The molecule has 0 aliphatic carbocycles. The molecule has 4 aromatic rings. The number of ether oxygens (including phenoxy) is 2. The first-order chi connectivity index (χ1) is 13.7. The molecular weight excluding hydrogens is 376 g/mol. The molecule has 0 atom stereocenters. The van der Waals surface area contributed by atoms with E-state index in [1.807, 2.05) is 24.3 Å². The number of furan rings is 1. The van der Waals surface area contributed by atoms with Crippen molar-refractivity contribution in [3.05, 3.63) is 72.2 Å². The molecule has 2 aromatic carbocycles. The van der Waals surface area contributed by atoms with Crippen LogP contribution in [0.25, 0.3) is 10.2 Å². The lowest BCUT2D eigenvalue weighted by molar-refractivity contribution is 0.0983. The van der Waals surface area contributed by atoms with Gasteiger partial charge < -0.3 is 13.9 Å². The van der Waals surface area contributed by atoms with Gasteiger partial charge in [-0.2, -0.15) is 0 Å².